The van der Waals surface area contributed by atoms with E-state index in [0.717, 1.165) is 18.8 Å². The van der Waals surface area contributed by atoms with Crippen molar-refractivity contribution in [3.05, 3.63) is 149 Å². The van der Waals surface area contributed by atoms with Crippen LogP contribution in [0, 0.1) is 0 Å². The third kappa shape index (κ3) is 5.44. The second-order valence-electron chi connectivity index (χ2n) is 9.64. The first-order valence-electron chi connectivity index (χ1n) is 13.2. The maximum Gasteiger partial charge on any atom is 0.409 e. The van der Waals surface area contributed by atoms with Crippen molar-refractivity contribution in [3.63, 3.8) is 0 Å². The number of hydrogen-bond acceptors (Lipinski definition) is 4. The lowest BCUT2D eigenvalue weighted by atomic mass is 10.1. The summed E-state index contributed by atoms with van der Waals surface area (Å²) < 4.78 is 3.19. The van der Waals surface area contributed by atoms with E-state index in [-0.39, 0.29) is 5.69 Å². The van der Waals surface area contributed by atoms with Crippen LogP contribution < -0.4 is 15.9 Å². The number of rotatable bonds is 8. The van der Waals surface area contributed by atoms with E-state index in [1.54, 1.807) is 51.9 Å². The molecule has 0 saturated carbocycles. The molecule has 0 spiro atoms. The summed E-state index contributed by atoms with van der Waals surface area (Å²) in [6, 6.07) is 37.2. The fraction of sp³-hybridized carbons (Fsp3) is 0.0606. The Hall–Kier alpha value is -5.63. The number of carbonyl (C=O) groups is 1. The summed E-state index contributed by atoms with van der Waals surface area (Å²) in [5, 5.41) is 11.5. The van der Waals surface area contributed by atoms with Crippen LogP contribution >= 0.6 is 0 Å². The van der Waals surface area contributed by atoms with Gasteiger partial charge in [-0.3, -0.25) is 19.4 Å². The van der Waals surface area contributed by atoms with Gasteiger partial charge in [-0.05, 0) is 59.7 Å². The number of pyridine rings is 1. The molecule has 4 aromatic carbocycles. The second-order valence-corrected chi connectivity index (χ2v) is 9.64. The Balaban J connectivity index is 1.39. The number of amides is 1. The molecule has 6 rings (SSSR count). The van der Waals surface area contributed by atoms with Crippen molar-refractivity contribution < 1.29 is 9.90 Å². The molecule has 2 heterocycles. The molecule has 2 aromatic heterocycles. The predicted molar refractivity (Wildman–Crippen MR) is 161 cm³/mol. The van der Waals surface area contributed by atoms with Gasteiger partial charge in [-0.1, -0.05) is 66.7 Å². The largest absolute Gasteiger partial charge is 0.465 e. The number of nitrogens with zero attached hydrogens (tertiary/aromatic N) is 4. The molecule has 202 valence electrons. The van der Waals surface area contributed by atoms with Gasteiger partial charge in [0, 0.05) is 30.7 Å². The van der Waals surface area contributed by atoms with Gasteiger partial charge in [-0.15, -0.1) is 0 Å². The third-order valence-electron chi connectivity index (χ3n) is 6.90. The van der Waals surface area contributed by atoms with Crippen LogP contribution in [0.2, 0.25) is 0 Å². The van der Waals surface area contributed by atoms with E-state index in [1.165, 1.54) is 11.1 Å². The number of imidazole rings is 1. The molecule has 0 bridgehead atoms. The van der Waals surface area contributed by atoms with E-state index in [0.29, 0.717) is 28.1 Å². The van der Waals surface area contributed by atoms with Gasteiger partial charge in [0.05, 0.1) is 28.6 Å². The van der Waals surface area contributed by atoms with Crippen LogP contribution in [0.3, 0.4) is 0 Å². The molecule has 0 radical (unpaired) electrons. The van der Waals surface area contributed by atoms with E-state index in [4.69, 9.17) is 5.11 Å². The summed E-state index contributed by atoms with van der Waals surface area (Å²) in [7, 11) is 0. The van der Waals surface area contributed by atoms with E-state index in [1.807, 2.05) is 60.7 Å². The standard InChI is InChI=1S/C33H27N5O3/c39-32(40)35-26-12-7-13-29(20-26)38-30-18-19-34-21-31(30)37(33(38)41)28-16-14-27(15-17-28)36(22-24-8-3-1-4-9-24)23-25-10-5-2-6-11-25/h1-21,35H,22-23H2,(H,39,40). The molecule has 8 heteroatoms. The Morgan fingerprint density at radius 3 is 2.00 bits per heavy atom. The summed E-state index contributed by atoms with van der Waals surface area (Å²) in [4.78, 5) is 31.6. The molecule has 41 heavy (non-hydrogen) atoms. The van der Waals surface area contributed by atoms with Crippen molar-refractivity contribution in [2.24, 2.45) is 0 Å². The van der Waals surface area contributed by atoms with Crippen LogP contribution in [0.15, 0.2) is 132 Å². The number of aromatic nitrogens is 3. The molecule has 0 unspecified atom stereocenters. The molecule has 8 nitrogen and oxygen atoms in total. The molecule has 0 atom stereocenters. The zero-order valence-electron chi connectivity index (χ0n) is 22.1. The molecule has 1 amide bonds. The fourth-order valence-electron chi connectivity index (χ4n) is 5.05. The van der Waals surface area contributed by atoms with Gasteiger partial charge in [-0.25, -0.2) is 9.59 Å². The van der Waals surface area contributed by atoms with Gasteiger partial charge in [0.15, 0.2) is 0 Å². The smallest absolute Gasteiger partial charge is 0.409 e. The molecule has 0 aliphatic rings. The average molecular weight is 542 g/mol. The van der Waals surface area contributed by atoms with Crippen LogP contribution in [0.4, 0.5) is 16.2 Å². The normalized spacial score (nSPS) is 10.9. The van der Waals surface area contributed by atoms with Crippen molar-refractivity contribution >= 4 is 28.5 Å². The Bertz CT molecular complexity index is 1820. The van der Waals surface area contributed by atoms with Crippen LogP contribution in [0.5, 0.6) is 0 Å². The topological polar surface area (TPSA) is 92.4 Å². The highest BCUT2D eigenvalue weighted by Gasteiger charge is 2.17. The van der Waals surface area contributed by atoms with E-state index >= 15 is 0 Å². The number of fused-ring (bicyclic) bond motifs is 1. The zero-order chi connectivity index (χ0) is 28.2. The van der Waals surface area contributed by atoms with E-state index in [2.05, 4.69) is 39.5 Å². The maximum atomic E-state index is 13.9. The summed E-state index contributed by atoms with van der Waals surface area (Å²) in [6.45, 7) is 1.47. The van der Waals surface area contributed by atoms with Crippen molar-refractivity contribution in [2.45, 2.75) is 13.1 Å². The minimum Gasteiger partial charge on any atom is -0.465 e. The lowest BCUT2D eigenvalue weighted by Gasteiger charge is -2.25. The van der Waals surface area contributed by atoms with Gasteiger partial charge in [-0.2, -0.15) is 0 Å². The highest BCUT2D eigenvalue weighted by Crippen LogP contribution is 2.25. The van der Waals surface area contributed by atoms with Gasteiger partial charge in [0.25, 0.3) is 0 Å². The number of benzene rings is 4. The Kier molecular flexibility index (Phi) is 7.02. The zero-order valence-corrected chi connectivity index (χ0v) is 22.1. The number of nitrogens with one attached hydrogen (secondary N) is 1. The average Bonchev–Trinajstić information content (AvgIpc) is 3.29. The van der Waals surface area contributed by atoms with E-state index < -0.39 is 6.09 Å². The second kappa shape index (κ2) is 11.2. The fourth-order valence-corrected chi connectivity index (χ4v) is 5.05. The van der Waals surface area contributed by atoms with Crippen molar-refractivity contribution in [2.75, 3.05) is 10.2 Å². The lowest BCUT2D eigenvalue weighted by molar-refractivity contribution is 0.210. The minimum atomic E-state index is -1.17. The van der Waals surface area contributed by atoms with Crippen LogP contribution in [0.1, 0.15) is 11.1 Å². The lowest BCUT2D eigenvalue weighted by Crippen LogP contribution is -2.23. The predicted octanol–water partition coefficient (Wildman–Crippen LogP) is 6.47. The van der Waals surface area contributed by atoms with E-state index in [9.17, 15) is 9.59 Å². The molecule has 0 aliphatic carbocycles. The van der Waals surface area contributed by atoms with Crippen LogP contribution in [0.25, 0.3) is 22.4 Å². The minimum absolute atomic E-state index is 0.279. The SMILES string of the molecule is O=C(O)Nc1cccc(-n2c(=O)n(-c3ccc(N(Cc4ccccc4)Cc4ccccc4)cc3)c3cnccc32)c1. The molecular formula is C33H27N5O3. The number of hydrogen-bond donors (Lipinski definition) is 2. The summed E-state index contributed by atoms with van der Waals surface area (Å²) in [5.74, 6) is 0. The third-order valence-corrected chi connectivity index (χ3v) is 6.90. The van der Waals surface area contributed by atoms with Gasteiger partial charge in [0.2, 0.25) is 0 Å². The summed E-state index contributed by atoms with van der Waals surface area (Å²) >= 11 is 0. The first-order chi connectivity index (χ1) is 20.1. The highest BCUT2D eigenvalue weighted by atomic mass is 16.4. The highest BCUT2D eigenvalue weighted by molar-refractivity contribution is 5.84. The Morgan fingerprint density at radius 1 is 0.732 bits per heavy atom. The number of anilines is 2. The monoisotopic (exact) mass is 541 g/mol. The first kappa shape index (κ1) is 25.6. The molecule has 0 saturated heterocycles. The van der Waals surface area contributed by atoms with Gasteiger partial charge in [0.1, 0.15) is 0 Å². The van der Waals surface area contributed by atoms with Crippen LogP contribution in [-0.4, -0.2) is 25.3 Å². The molecule has 0 aliphatic heterocycles. The quantitative estimate of drug-likeness (QED) is 0.230. The molecule has 6 aromatic rings. The number of carboxylic acid groups (broad SMARTS) is 1. The first-order valence-corrected chi connectivity index (χ1v) is 13.2. The molecule has 0 fully saturated rings. The van der Waals surface area contributed by atoms with Crippen molar-refractivity contribution in [3.8, 4) is 11.4 Å². The van der Waals surface area contributed by atoms with Gasteiger partial charge < -0.3 is 10.0 Å². The summed E-state index contributed by atoms with van der Waals surface area (Å²) in [5.41, 5.74) is 6.10. The maximum absolute atomic E-state index is 13.9. The Morgan fingerprint density at radius 2 is 1.37 bits per heavy atom. The molecule has 2 N–H and O–H groups in total. The van der Waals surface area contributed by atoms with Crippen LogP contribution in [-0.2, 0) is 13.1 Å². The van der Waals surface area contributed by atoms with Gasteiger partial charge >= 0.3 is 11.8 Å². The van der Waals surface area contributed by atoms with Crippen molar-refractivity contribution in [1.29, 1.82) is 0 Å². The van der Waals surface area contributed by atoms with Crippen molar-refractivity contribution in [1.82, 2.24) is 14.1 Å². The Labute approximate surface area is 236 Å². The summed E-state index contributed by atoms with van der Waals surface area (Å²) in [6.07, 6.45) is 2.13. The molecular weight excluding hydrogens is 514 g/mol.